The Morgan fingerprint density at radius 2 is 2.00 bits per heavy atom. The Hall–Kier alpha value is -0.970. The van der Waals surface area contributed by atoms with E-state index >= 15 is 0 Å². The molecule has 1 unspecified atom stereocenters. The molecule has 13 heavy (non-hydrogen) atoms. The lowest BCUT2D eigenvalue weighted by Crippen LogP contribution is -2.34. The van der Waals surface area contributed by atoms with Crippen LogP contribution in [0.15, 0.2) is 0 Å². The van der Waals surface area contributed by atoms with Crippen LogP contribution in [0.25, 0.3) is 0 Å². The summed E-state index contributed by atoms with van der Waals surface area (Å²) in [6.45, 7) is 7.94. The highest BCUT2D eigenvalue weighted by Crippen LogP contribution is 2.36. The second-order valence-electron chi connectivity index (χ2n) is 4.28. The van der Waals surface area contributed by atoms with E-state index in [0.717, 1.165) is 0 Å². The summed E-state index contributed by atoms with van der Waals surface area (Å²) >= 11 is 0. The second kappa shape index (κ2) is 4.32. The second-order valence-corrected chi connectivity index (χ2v) is 4.28. The van der Waals surface area contributed by atoms with E-state index in [2.05, 4.69) is 5.92 Å². The van der Waals surface area contributed by atoms with Crippen LogP contribution < -0.4 is 0 Å². The van der Waals surface area contributed by atoms with Crippen molar-refractivity contribution >= 4 is 5.97 Å². The zero-order chi connectivity index (χ0) is 10.6. The van der Waals surface area contributed by atoms with Gasteiger partial charge >= 0.3 is 5.97 Å². The molecule has 0 heterocycles. The van der Waals surface area contributed by atoms with Crippen molar-refractivity contribution in [2.45, 2.75) is 34.1 Å². The molecule has 0 aliphatic carbocycles. The molecular weight excluding hydrogens is 164 g/mol. The normalized spacial score (nSPS) is 13.8. The number of hydrogen-bond donors (Lipinski definition) is 1. The zero-order valence-corrected chi connectivity index (χ0v) is 8.79. The maximum Gasteiger partial charge on any atom is 0.308 e. The van der Waals surface area contributed by atoms with Gasteiger partial charge in [-0.1, -0.05) is 27.7 Å². The highest BCUT2D eigenvalue weighted by Gasteiger charge is 2.36. The minimum absolute atomic E-state index is 0.252. The van der Waals surface area contributed by atoms with E-state index in [0.29, 0.717) is 12.3 Å². The van der Waals surface area contributed by atoms with Crippen LogP contribution in [0.5, 0.6) is 0 Å². The molecular formula is C11H18O2. The number of carbonyl (C=O) groups is 1. The third-order valence-electron chi connectivity index (χ3n) is 3.01. The van der Waals surface area contributed by atoms with E-state index in [1.165, 1.54) is 0 Å². The van der Waals surface area contributed by atoms with Crippen LogP contribution in [0, 0.1) is 29.6 Å². The first-order valence-corrected chi connectivity index (χ1v) is 4.50. The highest BCUT2D eigenvalue weighted by atomic mass is 16.4. The van der Waals surface area contributed by atoms with Crippen molar-refractivity contribution in [3.8, 4) is 12.3 Å². The van der Waals surface area contributed by atoms with Crippen LogP contribution in [0.1, 0.15) is 34.1 Å². The van der Waals surface area contributed by atoms with Crippen LogP contribution in [0.2, 0.25) is 0 Å². The maximum atomic E-state index is 10.9. The Morgan fingerprint density at radius 3 is 2.23 bits per heavy atom. The molecule has 0 amide bonds. The van der Waals surface area contributed by atoms with E-state index in [4.69, 9.17) is 11.5 Å². The molecule has 0 aliphatic heterocycles. The Kier molecular flexibility index (Phi) is 4.00. The van der Waals surface area contributed by atoms with Gasteiger partial charge in [0.05, 0.1) is 5.92 Å². The van der Waals surface area contributed by atoms with Crippen LogP contribution >= 0.6 is 0 Å². The van der Waals surface area contributed by atoms with E-state index in [-0.39, 0.29) is 5.41 Å². The number of carboxylic acids is 1. The van der Waals surface area contributed by atoms with Gasteiger partial charge in [-0.3, -0.25) is 4.79 Å². The van der Waals surface area contributed by atoms with Gasteiger partial charge in [-0.15, -0.1) is 12.3 Å². The summed E-state index contributed by atoms with van der Waals surface area (Å²) in [6, 6.07) is 0. The van der Waals surface area contributed by atoms with Crippen LogP contribution in [0.4, 0.5) is 0 Å². The van der Waals surface area contributed by atoms with Crippen molar-refractivity contribution in [2.75, 3.05) is 0 Å². The summed E-state index contributed by atoms with van der Waals surface area (Å²) in [6.07, 6.45) is 5.46. The summed E-state index contributed by atoms with van der Waals surface area (Å²) in [7, 11) is 0. The average Bonchev–Trinajstić information content (AvgIpc) is 1.98. The van der Waals surface area contributed by atoms with E-state index < -0.39 is 11.9 Å². The topological polar surface area (TPSA) is 37.3 Å². The molecule has 0 saturated heterocycles. The number of carboxylic acid groups (broad SMARTS) is 1. The van der Waals surface area contributed by atoms with Crippen molar-refractivity contribution in [2.24, 2.45) is 17.3 Å². The van der Waals surface area contributed by atoms with Gasteiger partial charge in [0.25, 0.3) is 0 Å². The molecule has 0 aromatic rings. The van der Waals surface area contributed by atoms with Crippen LogP contribution in [0.3, 0.4) is 0 Å². The fraction of sp³-hybridized carbons (Fsp3) is 0.727. The summed E-state index contributed by atoms with van der Waals surface area (Å²) in [4.78, 5) is 10.9. The van der Waals surface area contributed by atoms with Gasteiger partial charge in [-0.2, -0.15) is 0 Å². The van der Waals surface area contributed by atoms with Crippen molar-refractivity contribution in [3.63, 3.8) is 0 Å². The molecule has 0 saturated carbocycles. The van der Waals surface area contributed by atoms with Gasteiger partial charge in [0.15, 0.2) is 0 Å². The van der Waals surface area contributed by atoms with Gasteiger partial charge in [0.1, 0.15) is 0 Å². The highest BCUT2D eigenvalue weighted by molar-refractivity contribution is 5.71. The molecule has 0 bridgehead atoms. The summed E-state index contributed by atoms with van der Waals surface area (Å²) < 4.78 is 0. The molecule has 0 radical (unpaired) electrons. The molecule has 0 aromatic carbocycles. The van der Waals surface area contributed by atoms with Crippen molar-refractivity contribution < 1.29 is 9.90 Å². The van der Waals surface area contributed by atoms with Crippen molar-refractivity contribution in [1.82, 2.24) is 0 Å². The van der Waals surface area contributed by atoms with Gasteiger partial charge in [-0.25, -0.2) is 0 Å². The Balaban J connectivity index is 4.74. The quantitative estimate of drug-likeness (QED) is 0.678. The Labute approximate surface area is 80.3 Å². The molecule has 0 aromatic heterocycles. The minimum Gasteiger partial charge on any atom is -0.481 e. The average molecular weight is 182 g/mol. The van der Waals surface area contributed by atoms with Gasteiger partial charge in [0.2, 0.25) is 0 Å². The Morgan fingerprint density at radius 1 is 1.54 bits per heavy atom. The minimum atomic E-state index is -0.795. The molecule has 0 aliphatic rings. The Bertz CT molecular complexity index is 221. The SMILES string of the molecule is C#CCC(C(=O)O)C(C)(C)C(C)C. The standard InChI is InChI=1S/C11H18O2/c1-6-7-9(10(12)13)11(4,5)8(2)3/h1,8-9H,7H2,2-5H3,(H,12,13). The van der Waals surface area contributed by atoms with E-state index in [9.17, 15) is 4.79 Å². The summed E-state index contributed by atoms with van der Waals surface area (Å²) in [5.74, 6) is 1.50. The molecule has 0 fully saturated rings. The van der Waals surface area contributed by atoms with Gasteiger partial charge in [0, 0.05) is 6.42 Å². The summed E-state index contributed by atoms with van der Waals surface area (Å²) in [5.41, 5.74) is -0.252. The van der Waals surface area contributed by atoms with Gasteiger partial charge in [-0.05, 0) is 11.3 Å². The van der Waals surface area contributed by atoms with Crippen molar-refractivity contribution in [1.29, 1.82) is 0 Å². The smallest absolute Gasteiger partial charge is 0.308 e. The molecule has 0 rings (SSSR count). The number of aliphatic carboxylic acids is 1. The number of terminal acetylenes is 1. The van der Waals surface area contributed by atoms with Gasteiger partial charge < -0.3 is 5.11 Å². The van der Waals surface area contributed by atoms with Crippen LogP contribution in [-0.2, 0) is 4.79 Å². The number of hydrogen-bond acceptors (Lipinski definition) is 1. The molecule has 2 nitrogen and oxygen atoms in total. The summed E-state index contributed by atoms with van der Waals surface area (Å²) in [5, 5.41) is 8.99. The monoisotopic (exact) mass is 182 g/mol. The fourth-order valence-electron chi connectivity index (χ4n) is 1.19. The zero-order valence-electron chi connectivity index (χ0n) is 8.79. The largest absolute Gasteiger partial charge is 0.481 e. The lowest BCUT2D eigenvalue weighted by atomic mass is 9.69. The lowest BCUT2D eigenvalue weighted by Gasteiger charge is -2.34. The predicted octanol–water partition coefficient (Wildman–Crippen LogP) is 2.39. The predicted molar refractivity (Wildman–Crippen MR) is 53.2 cm³/mol. The van der Waals surface area contributed by atoms with E-state index in [1.54, 1.807) is 0 Å². The number of rotatable bonds is 4. The third kappa shape index (κ3) is 2.77. The third-order valence-corrected chi connectivity index (χ3v) is 3.01. The fourth-order valence-corrected chi connectivity index (χ4v) is 1.19. The van der Waals surface area contributed by atoms with E-state index in [1.807, 2.05) is 27.7 Å². The molecule has 1 N–H and O–H groups in total. The van der Waals surface area contributed by atoms with Crippen molar-refractivity contribution in [3.05, 3.63) is 0 Å². The first kappa shape index (κ1) is 12.0. The first-order chi connectivity index (χ1) is 5.84. The maximum absolute atomic E-state index is 10.9. The lowest BCUT2D eigenvalue weighted by molar-refractivity contribution is -0.146. The van der Waals surface area contributed by atoms with Crippen LogP contribution in [-0.4, -0.2) is 11.1 Å². The molecule has 0 spiro atoms. The first-order valence-electron chi connectivity index (χ1n) is 4.50. The molecule has 74 valence electrons. The molecule has 1 atom stereocenters. The molecule has 2 heteroatoms.